The van der Waals surface area contributed by atoms with E-state index in [9.17, 15) is 0 Å². The van der Waals surface area contributed by atoms with Crippen LogP contribution in [-0.4, -0.2) is 30.8 Å². The highest BCUT2D eigenvalue weighted by molar-refractivity contribution is 7.99. The van der Waals surface area contributed by atoms with Crippen molar-refractivity contribution in [3.8, 4) is 17.2 Å². The average molecular weight is 296 g/mol. The van der Waals surface area contributed by atoms with E-state index in [0.29, 0.717) is 6.04 Å². The fraction of sp³-hybridized carbons (Fsp3) is 0.250. The Morgan fingerprint density at radius 1 is 1.10 bits per heavy atom. The molecule has 3 heterocycles. The Balaban J connectivity index is 1.79. The van der Waals surface area contributed by atoms with Crippen molar-refractivity contribution in [2.24, 2.45) is 0 Å². The lowest BCUT2D eigenvalue weighted by atomic mass is 10.2. The van der Waals surface area contributed by atoms with Crippen LogP contribution in [0.15, 0.2) is 55.0 Å². The molecule has 2 aromatic heterocycles. The van der Waals surface area contributed by atoms with Crippen LogP contribution in [0.1, 0.15) is 12.5 Å². The van der Waals surface area contributed by atoms with Crippen LogP contribution in [0.3, 0.4) is 0 Å². The number of nitrogens with zero attached hydrogens (tertiary/aromatic N) is 4. The predicted molar refractivity (Wildman–Crippen MR) is 85.8 cm³/mol. The van der Waals surface area contributed by atoms with Crippen molar-refractivity contribution in [1.29, 1.82) is 0 Å². The van der Waals surface area contributed by atoms with Crippen LogP contribution in [0.2, 0.25) is 0 Å². The lowest BCUT2D eigenvalue weighted by Gasteiger charge is -2.15. The highest BCUT2D eigenvalue weighted by Gasteiger charge is 2.22. The molecule has 0 N–H and O–H groups in total. The van der Waals surface area contributed by atoms with Crippen molar-refractivity contribution in [2.75, 3.05) is 11.5 Å². The molecule has 1 fully saturated rings. The van der Waals surface area contributed by atoms with Crippen molar-refractivity contribution in [3.63, 3.8) is 0 Å². The molecule has 1 aromatic carbocycles. The second kappa shape index (κ2) is 5.41. The zero-order valence-corrected chi connectivity index (χ0v) is 12.4. The van der Waals surface area contributed by atoms with Crippen LogP contribution in [0.5, 0.6) is 0 Å². The van der Waals surface area contributed by atoms with Crippen molar-refractivity contribution in [3.05, 3.63) is 55.0 Å². The Bertz CT molecular complexity index is 726. The first-order valence-corrected chi connectivity index (χ1v) is 8.29. The summed E-state index contributed by atoms with van der Waals surface area (Å²) in [5, 5.41) is 4.47. The highest BCUT2D eigenvalue weighted by Crippen LogP contribution is 2.32. The molecule has 1 unspecified atom stereocenters. The second-order valence-electron chi connectivity index (χ2n) is 5.14. The summed E-state index contributed by atoms with van der Waals surface area (Å²) in [6.07, 6.45) is 7.03. The first-order valence-electron chi connectivity index (χ1n) is 7.14. The molecule has 0 saturated carbocycles. The quantitative estimate of drug-likeness (QED) is 0.743. The van der Waals surface area contributed by atoms with Crippen molar-refractivity contribution < 1.29 is 0 Å². The Labute approximate surface area is 127 Å². The highest BCUT2D eigenvalue weighted by atomic mass is 32.2. The fourth-order valence-electron chi connectivity index (χ4n) is 2.80. The molecule has 1 aliphatic heterocycles. The van der Waals surface area contributed by atoms with Crippen molar-refractivity contribution in [2.45, 2.75) is 12.5 Å². The van der Waals surface area contributed by atoms with Gasteiger partial charge >= 0.3 is 0 Å². The van der Waals surface area contributed by atoms with E-state index in [0.717, 1.165) is 17.2 Å². The topological polar surface area (TPSA) is 35.6 Å². The minimum atomic E-state index is 0.548. The van der Waals surface area contributed by atoms with E-state index >= 15 is 0 Å². The summed E-state index contributed by atoms with van der Waals surface area (Å²) in [6, 6.07) is 12.8. The minimum absolute atomic E-state index is 0.548. The van der Waals surface area contributed by atoms with Gasteiger partial charge in [-0.15, -0.1) is 0 Å². The molecule has 0 amide bonds. The number of benzene rings is 1. The monoisotopic (exact) mass is 296 g/mol. The van der Waals surface area contributed by atoms with Crippen LogP contribution < -0.4 is 0 Å². The summed E-state index contributed by atoms with van der Waals surface area (Å²) < 4.78 is 4.26. The van der Waals surface area contributed by atoms with Gasteiger partial charge in [0.15, 0.2) is 5.82 Å². The molecular formula is C16H16N4S. The number of aromatic nitrogens is 4. The van der Waals surface area contributed by atoms with E-state index in [2.05, 4.69) is 33.0 Å². The van der Waals surface area contributed by atoms with Crippen molar-refractivity contribution >= 4 is 11.8 Å². The summed E-state index contributed by atoms with van der Waals surface area (Å²) in [7, 11) is 0. The van der Waals surface area contributed by atoms with Gasteiger partial charge in [0.1, 0.15) is 5.69 Å². The number of hydrogen-bond donors (Lipinski definition) is 0. The van der Waals surface area contributed by atoms with Gasteiger partial charge in [-0.25, -0.2) is 9.67 Å². The van der Waals surface area contributed by atoms with Crippen LogP contribution in [0, 0.1) is 0 Å². The van der Waals surface area contributed by atoms with Crippen LogP contribution in [-0.2, 0) is 0 Å². The zero-order chi connectivity index (χ0) is 14.1. The third-order valence-corrected chi connectivity index (χ3v) is 4.99. The molecule has 1 atom stereocenters. The first kappa shape index (κ1) is 12.7. The van der Waals surface area contributed by atoms with Crippen molar-refractivity contribution in [1.82, 2.24) is 19.3 Å². The molecule has 0 aliphatic carbocycles. The number of imidazole rings is 1. The molecule has 1 aliphatic rings. The van der Waals surface area contributed by atoms with E-state index in [4.69, 9.17) is 0 Å². The van der Waals surface area contributed by atoms with Gasteiger partial charge in [0.2, 0.25) is 0 Å². The van der Waals surface area contributed by atoms with Gasteiger partial charge in [-0.1, -0.05) is 18.2 Å². The molecule has 0 bridgehead atoms. The maximum absolute atomic E-state index is 4.58. The van der Waals surface area contributed by atoms with Crippen LogP contribution in [0.4, 0.5) is 0 Å². The largest absolute Gasteiger partial charge is 0.326 e. The van der Waals surface area contributed by atoms with E-state index in [1.54, 1.807) is 0 Å². The summed E-state index contributed by atoms with van der Waals surface area (Å²) in [4.78, 5) is 4.58. The number of hydrogen-bond acceptors (Lipinski definition) is 3. The van der Waals surface area contributed by atoms with Gasteiger partial charge in [0.25, 0.3) is 0 Å². The smallest absolute Gasteiger partial charge is 0.159 e. The predicted octanol–water partition coefficient (Wildman–Crippen LogP) is 3.41. The molecule has 0 radical (unpaired) electrons. The number of thioether (sulfide) groups is 1. The first-order chi connectivity index (χ1) is 10.4. The molecule has 106 valence electrons. The maximum Gasteiger partial charge on any atom is 0.159 e. The second-order valence-corrected chi connectivity index (χ2v) is 6.29. The summed E-state index contributed by atoms with van der Waals surface area (Å²) >= 11 is 2.02. The van der Waals surface area contributed by atoms with Crippen LogP contribution >= 0.6 is 11.8 Å². The summed E-state index contributed by atoms with van der Waals surface area (Å²) in [6.45, 7) is 0. The lowest BCUT2D eigenvalue weighted by Crippen LogP contribution is -2.10. The molecular weight excluding hydrogens is 280 g/mol. The van der Waals surface area contributed by atoms with Gasteiger partial charge in [-0.2, -0.15) is 16.9 Å². The summed E-state index contributed by atoms with van der Waals surface area (Å²) in [5.74, 6) is 3.41. The van der Waals surface area contributed by atoms with Gasteiger partial charge in [0, 0.05) is 24.2 Å². The van der Waals surface area contributed by atoms with Crippen LogP contribution in [0.25, 0.3) is 17.2 Å². The SMILES string of the molecule is c1ccc(-n2nccc2-c2nccn2C2CCSC2)cc1. The Morgan fingerprint density at radius 3 is 2.81 bits per heavy atom. The Hall–Kier alpha value is -2.01. The molecule has 1 saturated heterocycles. The molecule has 0 spiro atoms. The Morgan fingerprint density at radius 2 is 2.00 bits per heavy atom. The van der Waals surface area contributed by atoms with Gasteiger partial charge < -0.3 is 4.57 Å². The summed E-state index contributed by atoms with van der Waals surface area (Å²) in [5.41, 5.74) is 2.11. The molecule has 4 nitrogen and oxygen atoms in total. The van der Waals surface area contributed by atoms with Gasteiger partial charge in [-0.3, -0.25) is 0 Å². The fourth-order valence-corrected chi connectivity index (χ4v) is 4.00. The normalized spacial score (nSPS) is 18.2. The van der Waals surface area contributed by atoms with E-state index < -0.39 is 0 Å². The molecule has 3 aromatic rings. The number of rotatable bonds is 3. The average Bonchev–Trinajstić information content (AvgIpc) is 3.27. The molecule has 5 heteroatoms. The zero-order valence-electron chi connectivity index (χ0n) is 11.6. The number of para-hydroxylation sites is 1. The van der Waals surface area contributed by atoms with E-state index in [1.165, 1.54) is 17.9 Å². The van der Waals surface area contributed by atoms with E-state index in [-0.39, 0.29) is 0 Å². The van der Waals surface area contributed by atoms with E-state index in [1.807, 2.05) is 53.1 Å². The van der Waals surface area contributed by atoms with Gasteiger partial charge in [-0.05, 0) is 30.4 Å². The minimum Gasteiger partial charge on any atom is -0.326 e. The Kier molecular flexibility index (Phi) is 3.27. The third-order valence-electron chi connectivity index (χ3n) is 3.84. The van der Waals surface area contributed by atoms with Gasteiger partial charge in [0.05, 0.1) is 11.9 Å². The third kappa shape index (κ3) is 2.27. The lowest BCUT2D eigenvalue weighted by molar-refractivity contribution is 0.563. The standard InChI is InChI=1S/C16H16N4S/c1-2-4-13(5-3-1)20-15(6-8-18-20)16-17-9-10-19(16)14-7-11-21-12-14/h1-6,8-10,14H,7,11-12H2. The molecule has 4 rings (SSSR count). The molecule has 21 heavy (non-hydrogen) atoms. The maximum atomic E-state index is 4.58.